The first-order valence-corrected chi connectivity index (χ1v) is 5.07. The molecule has 1 aromatic carbocycles. The molecule has 0 saturated heterocycles. The van der Waals surface area contributed by atoms with Gasteiger partial charge in [0.05, 0.1) is 11.1 Å². The van der Waals surface area contributed by atoms with E-state index in [0.717, 1.165) is 0 Å². The SMILES string of the molecule is C#CCCC(O)Cc1cccc(Cl)c1F. The summed E-state index contributed by atoms with van der Waals surface area (Å²) in [5.41, 5.74) is 0.423. The van der Waals surface area contributed by atoms with Crippen molar-refractivity contribution in [1.82, 2.24) is 0 Å². The van der Waals surface area contributed by atoms with Gasteiger partial charge in [0.25, 0.3) is 0 Å². The van der Waals surface area contributed by atoms with E-state index in [1.54, 1.807) is 12.1 Å². The fraction of sp³-hybridized carbons (Fsp3) is 0.333. The van der Waals surface area contributed by atoms with Crippen molar-refractivity contribution in [2.24, 2.45) is 0 Å². The van der Waals surface area contributed by atoms with E-state index in [1.807, 2.05) is 0 Å². The van der Waals surface area contributed by atoms with Crippen LogP contribution >= 0.6 is 11.6 Å². The lowest BCUT2D eigenvalue weighted by Crippen LogP contribution is -2.11. The average molecular weight is 227 g/mol. The molecule has 1 atom stereocenters. The highest BCUT2D eigenvalue weighted by Crippen LogP contribution is 2.19. The molecule has 0 spiro atoms. The van der Waals surface area contributed by atoms with Crippen molar-refractivity contribution in [3.8, 4) is 12.3 Å². The molecular formula is C12H12ClFO. The number of terminal acetylenes is 1. The first-order valence-electron chi connectivity index (χ1n) is 4.69. The summed E-state index contributed by atoms with van der Waals surface area (Å²) in [6.45, 7) is 0. The summed E-state index contributed by atoms with van der Waals surface area (Å²) < 4.78 is 13.4. The monoisotopic (exact) mass is 226 g/mol. The zero-order valence-corrected chi connectivity index (χ0v) is 8.97. The summed E-state index contributed by atoms with van der Waals surface area (Å²) in [4.78, 5) is 0. The zero-order chi connectivity index (χ0) is 11.3. The van der Waals surface area contributed by atoms with Crippen molar-refractivity contribution in [3.05, 3.63) is 34.6 Å². The van der Waals surface area contributed by atoms with Crippen LogP contribution in [0.15, 0.2) is 18.2 Å². The molecule has 1 nitrogen and oxygen atoms in total. The Morgan fingerprint density at radius 3 is 2.93 bits per heavy atom. The fourth-order valence-electron chi connectivity index (χ4n) is 1.31. The Bertz CT molecular complexity index is 370. The second-order valence-corrected chi connectivity index (χ2v) is 3.72. The second-order valence-electron chi connectivity index (χ2n) is 3.31. The minimum Gasteiger partial charge on any atom is -0.393 e. The van der Waals surface area contributed by atoms with E-state index < -0.39 is 11.9 Å². The molecule has 0 aliphatic carbocycles. The summed E-state index contributed by atoms with van der Waals surface area (Å²) in [6, 6.07) is 4.75. The summed E-state index contributed by atoms with van der Waals surface area (Å²) in [5.74, 6) is 1.97. The van der Waals surface area contributed by atoms with Crippen molar-refractivity contribution in [3.63, 3.8) is 0 Å². The smallest absolute Gasteiger partial charge is 0.145 e. The van der Waals surface area contributed by atoms with Crippen LogP contribution in [0.5, 0.6) is 0 Å². The van der Waals surface area contributed by atoms with Gasteiger partial charge >= 0.3 is 0 Å². The summed E-state index contributed by atoms with van der Waals surface area (Å²) >= 11 is 5.61. The lowest BCUT2D eigenvalue weighted by atomic mass is 10.0. The second kappa shape index (κ2) is 5.75. The highest BCUT2D eigenvalue weighted by atomic mass is 35.5. The van der Waals surface area contributed by atoms with Crippen molar-refractivity contribution in [2.75, 3.05) is 0 Å². The number of halogens is 2. The minimum absolute atomic E-state index is 0.0802. The van der Waals surface area contributed by atoms with Crippen LogP contribution in [0.4, 0.5) is 4.39 Å². The van der Waals surface area contributed by atoms with Crippen molar-refractivity contribution < 1.29 is 9.50 Å². The van der Waals surface area contributed by atoms with Crippen LogP contribution in [-0.2, 0) is 6.42 Å². The lowest BCUT2D eigenvalue weighted by Gasteiger charge is -2.09. The van der Waals surface area contributed by atoms with Crippen LogP contribution in [0.3, 0.4) is 0 Å². The fourth-order valence-corrected chi connectivity index (χ4v) is 1.51. The lowest BCUT2D eigenvalue weighted by molar-refractivity contribution is 0.165. The van der Waals surface area contributed by atoms with Gasteiger partial charge in [0, 0.05) is 12.8 Å². The molecule has 0 aromatic heterocycles. The Hall–Kier alpha value is -1.04. The molecule has 0 fully saturated rings. The van der Waals surface area contributed by atoms with Crippen LogP contribution in [0.2, 0.25) is 5.02 Å². The predicted molar refractivity (Wildman–Crippen MR) is 59.2 cm³/mol. The van der Waals surface area contributed by atoms with Gasteiger partial charge in [0.15, 0.2) is 0 Å². The van der Waals surface area contributed by atoms with Crippen LogP contribution in [0.1, 0.15) is 18.4 Å². The van der Waals surface area contributed by atoms with E-state index in [0.29, 0.717) is 18.4 Å². The third-order valence-electron chi connectivity index (χ3n) is 2.11. The average Bonchev–Trinajstić information content (AvgIpc) is 2.22. The molecule has 1 rings (SSSR count). The number of aliphatic hydroxyl groups excluding tert-OH is 1. The van der Waals surface area contributed by atoms with Gasteiger partial charge in [-0.05, 0) is 18.1 Å². The predicted octanol–water partition coefficient (Wildman–Crippen LogP) is 2.80. The molecule has 0 saturated carbocycles. The van der Waals surface area contributed by atoms with Gasteiger partial charge in [-0.1, -0.05) is 23.7 Å². The number of hydrogen-bond donors (Lipinski definition) is 1. The Morgan fingerprint density at radius 1 is 1.53 bits per heavy atom. The van der Waals surface area contributed by atoms with Gasteiger partial charge in [0.1, 0.15) is 5.82 Å². The first kappa shape index (κ1) is 12.0. The van der Waals surface area contributed by atoms with Gasteiger partial charge in [-0.2, -0.15) is 0 Å². The summed E-state index contributed by atoms with van der Waals surface area (Å²) in [6.07, 6.45) is 5.66. The standard InChI is InChI=1S/C12H12ClFO/c1-2-3-6-10(15)8-9-5-4-7-11(13)12(9)14/h1,4-5,7,10,15H,3,6,8H2. The van der Waals surface area contributed by atoms with Gasteiger partial charge < -0.3 is 5.11 Å². The molecule has 0 radical (unpaired) electrons. The molecule has 0 heterocycles. The molecule has 1 aromatic rings. The molecule has 0 aliphatic heterocycles. The third-order valence-corrected chi connectivity index (χ3v) is 2.40. The maximum absolute atomic E-state index is 13.4. The molecule has 80 valence electrons. The van der Waals surface area contributed by atoms with E-state index in [9.17, 15) is 9.50 Å². The number of hydrogen-bond acceptors (Lipinski definition) is 1. The van der Waals surface area contributed by atoms with Gasteiger partial charge in [-0.3, -0.25) is 0 Å². The number of benzene rings is 1. The zero-order valence-electron chi connectivity index (χ0n) is 8.21. The van der Waals surface area contributed by atoms with E-state index in [1.165, 1.54) is 6.07 Å². The quantitative estimate of drug-likeness (QED) is 0.783. The minimum atomic E-state index is -0.617. The molecule has 0 amide bonds. The molecule has 0 aliphatic rings. The van der Waals surface area contributed by atoms with Gasteiger partial charge in [-0.25, -0.2) is 4.39 Å². The van der Waals surface area contributed by atoms with Crippen LogP contribution in [-0.4, -0.2) is 11.2 Å². The van der Waals surface area contributed by atoms with Crippen LogP contribution in [0, 0.1) is 18.2 Å². The highest BCUT2D eigenvalue weighted by Gasteiger charge is 2.10. The maximum atomic E-state index is 13.4. The van der Waals surface area contributed by atoms with Crippen LogP contribution in [0.25, 0.3) is 0 Å². The Balaban J connectivity index is 2.65. The number of aliphatic hydroxyl groups is 1. The Morgan fingerprint density at radius 2 is 2.27 bits per heavy atom. The van der Waals surface area contributed by atoms with Crippen molar-refractivity contribution in [2.45, 2.75) is 25.4 Å². The summed E-state index contributed by atoms with van der Waals surface area (Å²) in [5, 5.41) is 9.62. The van der Waals surface area contributed by atoms with Crippen molar-refractivity contribution in [1.29, 1.82) is 0 Å². The van der Waals surface area contributed by atoms with Crippen LogP contribution < -0.4 is 0 Å². The Kier molecular flexibility index (Phi) is 4.61. The molecule has 1 N–H and O–H groups in total. The summed E-state index contributed by atoms with van der Waals surface area (Å²) in [7, 11) is 0. The maximum Gasteiger partial charge on any atom is 0.145 e. The van der Waals surface area contributed by atoms with Gasteiger partial charge in [-0.15, -0.1) is 12.3 Å². The normalized spacial score (nSPS) is 12.1. The molecular weight excluding hydrogens is 215 g/mol. The Labute approximate surface area is 93.9 Å². The van der Waals surface area contributed by atoms with E-state index in [2.05, 4.69) is 5.92 Å². The molecule has 0 bridgehead atoms. The molecule has 3 heteroatoms. The first-order chi connectivity index (χ1) is 7.15. The van der Waals surface area contributed by atoms with Crippen molar-refractivity contribution >= 4 is 11.6 Å². The van der Waals surface area contributed by atoms with E-state index in [-0.39, 0.29) is 11.4 Å². The van der Waals surface area contributed by atoms with Gasteiger partial charge in [0.2, 0.25) is 0 Å². The largest absolute Gasteiger partial charge is 0.393 e. The molecule has 15 heavy (non-hydrogen) atoms. The highest BCUT2D eigenvalue weighted by molar-refractivity contribution is 6.30. The topological polar surface area (TPSA) is 20.2 Å². The number of rotatable bonds is 4. The molecule has 1 unspecified atom stereocenters. The third kappa shape index (κ3) is 3.54. The van der Waals surface area contributed by atoms with E-state index >= 15 is 0 Å². The van der Waals surface area contributed by atoms with E-state index in [4.69, 9.17) is 18.0 Å².